The lowest BCUT2D eigenvalue weighted by atomic mass is 9.99. The van der Waals surface area contributed by atoms with Gasteiger partial charge in [0.1, 0.15) is 36.3 Å². The molecule has 0 saturated heterocycles. The number of rotatable bonds is 14. The fraction of sp³-hybridized carbons (Fsp3) is 0.433. The Morgan fingerprint density at radius 1 is 1.07 bits per heavy atom. The third-order valence-electron chi connectivity index (χ3n) is 6.81. The molecular weight excluding hydrogens is 573 g/mol. The van der Waals surface area contributed by atoms with Gasteiger partial charge in [0.05, 0.1) is 17.1 Å². The molecule has 232 valence electrons. The Morgan fingerprint density at radius 3 is 2.40 bits per heavy atom. The number of esters is 1. The highest BCUT2D eigenvalue weighted by Gasteiger charge is 2.42. The lowest BCUT2D eigenvalue weighted by Gasteiger charge is -2.36. The van der Waals surface area contributed by atoms with E-state index in [-0.39, 0.29) is 24.3 Å². The van der Waals surface area contributed by atoms with Gasteiger partial charge >= 0.3 is 13.7 Å². The molecule has 4 aromatic rings. The van der Waals surface area contributed by atoms with Crippen molar-refractivity contribution >= 4 is 41.5 Å². The molecule has 2 unspecified atom stereocenters. The second kappa shape index (κ2) is 13.4. The van der Waals surface area contributed by atoms with Gasteiger partial charge in [0.25, 0.3) is 0 Å². The van der Waals surface area contributed by atoms with Crippen molar-refractivity contribution in [1.82, 2.24) is 19.6 Å². The normalized spacial score (nSPS) is 15.5. The Bertz CT molecular complexity index is 1610. The third kappa shape index (κ3) is 7.17. The van der Waals surface area contributed by atoms with Crippen LogP contribution in [0.1, 0.15) is 47.4 Å². The van der Waals surface area contributed by atoms with Crippen LogP contribution in [0.5, 0.6) is 5.75 Å². The van der Waals surface area contributed by atoms with Crippen LogP contribution in [0.3, 0.4) is 0 Å². The highest BCUT2D eigenvalue weighted by atomic mass is 31.2. The number of nitrogens with one attached hydrogen (secondary N) is 1. The summed E-state index contributed by atoms with van der Waals surface area (Å²) in [5, 5.41) is 15.8. The maximum atomic E-state index is 14.3. The van der Waals surface area contributed by atoms with E-state index < -0.39 is 38.0 Å². The maximum absolute atomic E-state index is 14.3. The number of anilines is 1. The molecule has 0 aliphatic heterocycles. The molecule has 0 bridgehead atoms. The van der Waals surface area contributed by atoms with E-state index in [9.17, 15) is 14.5 Å². The van der Waals surface area contributed by atoms with E-state index in [2.05, 4.69) is 10.1 Å². The number of nitrogen functional groups attached to an aromatic ring is 1. The zero-order chi connectivity index (χ0) is 31.4. The number of benzene rings is 2. The van der Waals surface area contributed by atoms with Crippen molar-refractivity contribution in [3.8, 4) is 5.75 Å². The van der Waals surface area contributed by atoms with Gasteiger partial charge in [0.2, 0.25) is 0 Å². The first-order valence-corrected chi connectivity index (χ1v) is 15.8. The Balaban J connectivity index is 1.81. The lowest BCUT2D eigenvalue weighted by Crippen LogP contribution is -2.45. The van der Waals surface area contributed by atoms with Crippen molar-refractivity contribution in [2.75, 3.05) is 18.9 Å². The number of para-hydroxylation sites is 2. The zero-order valence-electron chi connectivity index (χ0n) is 25.3. The molecule has 0 spiro atoms. The highest BCUT2D eigenvalue weighted by molar-refractivity contribution is 7.52. The smallest absolute Gasteiger partial charge is 0.459 e. The van der Waals surface area contributed by atoms with Crippen LogP contribution in [0, 0.1) is 5.92 Å². The molecule has 4 N–H and O–H groups in total. The summed E-state index contributed by atoms with van der Waals surface area (Å²) in [6.45, 7) is 10.3. The number of carbonyl (C=O) groups excluding carboxylic acids is 1. The number of aromatic nitrogens is 3. The van der Waals surface area contributed by atoms with Gasteiger partial charge in [-0.1, -0.05) is 50.2 Å². The molecule has 43 heavy (non-hydrogen) atoms. The van der Waals surface area contributed by atoms with Gasteiger partial charge in [-0.2, -0.15) is 5.09 Å². The number of ether oxygens (including phenoxy) is 2. The number of fused-ring (bicyclic) bond motifs is 3. The average Bonchev–Trinajstić information content (AvgIpc) is 3.36. The molecule has 0 saturated carbocycles. The van der Waals surface area contributed by atoms with Gasteiger partial charge in [-0.3, -0.25) is 13.9 Å². The van der Waals surface area contributed by atoms with Crippen molar-refractivity contribution in [1.29, 1.82) is 0 Å². The maximum Gasteiger partial charge on any atom is 0.459 e. The van der Waals surface area contributed by atoms with Crippen LogP contribution in [0.2, 0.25) is 0 Å². The molecule has 0 aliphatic rings. The SMILES string of the molecule is CCOCc1nc2c(N)nc3ccccc3c2n1C(O)(COP(=O)(N[C@@H](C)C(=O)OC(C)C)Oc1ccccc1)C(C)C. The van der Waals surface area contributed by atoms with Crippen LogP contribution in [0.15, 0.2) is 54.6 Å². The van der Waals surface area contributed by atoms with Gasteiger partial charge in [0.15, 0.2) is 11.5 Å². The number of pyridine rings is 1. The molecule has 0 aliphatic carbocycles. The van der Waals surface area contributed by atoms with E-state index in [0.717, 1.165) is 0 Å². The monoisotopic (exact) mass is 613 g/mol. The summed E-state index contributed by atoms with van der Waals surface area (Å²) in [5.41, 5.74) is 6.03. The fourth-order valence-corrected chi connectivity index (χ4v) is 6.08. The van der Waals surface area contributed by atoms with E-state index in [1.807, 2.05) is 31.2 Å². The topological polar surface area (TPSA) is 160 Å². The predicted molar refractivity (Wildman–Crippen MR) is 164 cm³/mol. The van der Waals surface area contributed by atoms with Crippen LogP contribution in [-0.4, -0.2) is 51.0 Å². The van der Waals surface area contributed by atoms with Crippen molar-refractivity contribution < 1.29 is 33.0 Å². The molecule has 4 rings (SSSR count). The van der Waals surface area contributed by atoms with Gasteiger partial charge in [0, 0.05) is 17.9 Å². The Kier molecular flexibility index (Phi) is 10.1. The molecule has 12 nitrogen and oxygen atoms in total. The molecule has 0 radical (unpaired) electrons. The lowest BCUT2D eigenvalue weighted by molar-refractivity contribution is -0.149. The van der Waals surface area contributed by atoms with Crippen molar-refractivity contribution in [2.45, 2.75) is 66.0 Å². The summed E-state index contributed by atoms with van der Waals surface area (Å²) in [4.78, 5) is 21.8. The molecule has 3 atom stereocenters. The summed E-state index contributed by atoms with van der Waals surface area (Å²) in [5.74, 6) is -0.335. The van der Waals surface area contributed by atoms with Crippen LogP contribution in [-0.2, 0) is 35.7 Å². The first-order chi connectivity index (χ1) is 20.4. The average molecular weight is 614 g/mol. The third-order valence-corrected chi connectivity index (χ3v) is 8.43. The molecule has 2 aromatic carbocycles. The standard InChI is InChI=1S/C30H40N5O7P/c1-7-39-17-25-33-26-27(23-15-11-12-16-24(23)32-28(26)31)35(25)30(37,19(2)3)18-40-43(38,42-22-13-9-8-10-14-22)34-21(6)29(36)41-20(4)5/h8-16,19-21,37H,7,17-18H2,1-6H3,(H2,31,32)(H,34,38)/t21-,30?,43?/m0/s1. The minimum Gasteiger partial charge on any atom is -0.462 e. The highest BCUT2D eigenvalue weighted by Crippen LogP contribution is 2.47. The number of imidazole rings is 1. The number of carbonyl (C=O) groups is 1. The van der Waals surface area contributed by atoms with E-state index in [0.29, 0.717) is 34.4 Å². The first kappa shape index (κ1) is 32.4. The molecule has 0 amide bonds. The number of nitrogens with zero attached hydrogens (tertiary/aromatic N) is 3. The van der Waals surface area contributed by atoms with Crippen molar-refractivity contribution in [3.05, 3.63) is 60.4 Å². The van der Waals surface area contributed by atoms with Crippen molar-refractivity contribution in [2.24, 2.45) is 5.92 Å². The zero-order valence-corrected chi connectivity index (χ0v) is 26.2. The van der Waals surface area contributed by atoms with Gasteiger partial charge in [-0.15, -0.1) is 0 Å². The second-order valence-electron chi connectivity index (χ2n) is 10.8. The van der Waals surface area contributed by atoms with Crippen molar-refractivity contribution in [3.63, 3.8) is 0 Å². The number of aliphatic hydroxyl groups is 1. The molecule has 2 aromatic heterocycles. The predicted octanol–water partition coefficient (Wildman–Crippen LogP) is 5.14. The first-order valence-electron chi connectivity index (χ1n) is 14.2. The summed E-state index contributed by atoms with van der Waals surface area (Å²) in [7, 11) is -4.30. The van der Waals surface area contributed by atoms with Gasteiger partial charge in [-0.25, -0.2) is 14.5 Å². The Morgan fingerprint density at radius 2 is 1.74 bits per heavy atom. The quantitative estimate of drug-likeness (QED) is 0.128. The molecular formula is C30H40N5O7P. The number of nitrogens with two attached hydrogens (primary N) is 1. The largest absolute Gasteiger partial charge is 0.462 e. The molecule has 2 heterocycles. The van der Waals surface area contributed by atoms with E-state index in [1.54, 1.807) is 62.6 Å². The van der Waals surface area contributed by atoms with Crippen LogP contribution in [0.25, 0.3) is 21.9 Å². The Labute approximate surface area is 251 Å². The Hall–Kier alpha value is -3.54. The summed E-state index contributed by atoms with van der Waals surface area (Å²) >= 11 is 0. The summed E-state index contributed by atoms with van der Waals surface area (Å²) < 4.78 is 38.7. The summed E-state index contributed by atoms with van der Waals surface area (Å²) in [6, 6.07) is 14.7. The molecule has 13 heteroatoms. The fourth-order valence-electron chi connectivity index (χ4n) is 4.56. The van der Waals surface area contributed by atoms with Gasteiger partial charge in [-0.05, 0) is 45.9 Å². The van der Waals surface area contributed by atoms with Crippen LogP contribution >= 0.6 is 7.75 Å². The van der Waals surface area contributed by atoms with Crippen LogP contribution in [0.4, 0.5) is 5.82 Å². The molecule has 0 fully saturated rings. The van der Waals surface area contributed by atoms with Crippen LogP contribution < -0.4 is 15.3 Å². The number of hydrogen-bond donors (Lipinski definition) is 3. The van der Waals surface area contributed by atoms with E-state index in [1.165, 1.54) is 6.92 Å². The minimum atomic E-state index is -4.30. The minimum absolute atomic E-state index is 0.0580. The summed E-state index contributed by atoms with van der Waals surface area (Å²) in [6.07, 6.45) is -0.381. The van der Waals surface area contributed by atoms with E-state index >= 15 is 0 Å². The number of hydrogen-bond acceptors (Lipinski definition) is 10. The second-order valence-corrected chi connectivity index (χ2v) is 12.5. The van der Waals surface area contributed by atoms with E-state index in [4.69, 9.17) is 29.2 Å². The van der Waals surface area contributed by atoms with Gasteiger partial charge < -0.3 is 24.8 Å².